The second kappa shape index (κ2) is 5.53. The highest BCUT2D eigenvalue weighted by Gasteiger charge is 2.18. The molecule has 2 rings (SSSR count). The van der Waals surface area contributed by atoms with Gasteiger partial charge in [-0.25, -0.2) is 9.07 Å². The summed E-state index contributed by atoms with van der Waals surface area (Å²) in [6, 6.07) is 11.3. The van der Waals surface area contributed by atoms with Gasteiger partial charge in [0.2, 0.25) is 0 Å². The molecule has 1 atom stereocenters. The maximum Gasteiger partial charge on any atom is 0.154 e. The van der Waals surface area contributed by atoms with E-state index in [4.69, 9.17) is 0 Å². The van der Waals surface area contributed by atoms with Gasteiger partial charge in [0.15, 0.2) is 6.17 Å². The minimum absolute atomic E-state index is 0.0953. The number of halogens is 1. The minimum Gasteiger partial charge on any atom is -0.309 e. The number of nitrogens with one attached hydrogen (secondary N) is 1. The lowest BCUT2D eigenvalue weighted by Gasteiger charge is -2.22. The lowest BCUT2D eigenvalue weighted by molar-refractivity contribution is 0.282. The van der Waals surface area contributed by atoms with Gasteiger partial charge in [-0.15, -0.1) is 0 Å². The van der Waals surface area contributed by atoms with Crippen LogP contribution < -0.4 is 5.32 Å². The first-order valence-corrected chi connectivity index (χ1v) is 6.46. The molecule has 1 aromatic heterocycles. The van der Waals surface area contributed by atoms with E-state index in [0.29, 0.717) is 5.69 Å². The zero-order valence-corrected chi connectivity index (χ0v) is 11.6. The molecule has 3 nitrogen and oxygen atoms in total. The smallest absolute Gasteiger partial charge is 0.154 e. The van der Waals surface area contributed by atoms with Crippen LogP contribution in [0.4, 0.5) is 4.39 Å². The van der Waals surface area contributed by atoms with E-state index in [1.807, 2.05) is 51.1 Å². The van der Waals surface area contributed by atoms with Gasteiger partial charge >= 0.3 is 0 Å². The van der Waals surface area contributed by atoms with Crippen LogP contribution in [0, 0.1) is 0 Å². The molecule has 0 saturated carbocycles. The molecule has 4 heteroatoms. The Morgan fingerprint density at radius 3 is 2.53 bits per heavy atom. The van der Waals surface area contributed by atoms with Crippen LogP contribution in [0.3, 0.4) is 0 Å². The Hall–Kier alpha value is -1.68. The Balaban J connectivity index is 2.16. The summed E-state index contributed by atoms with van der Waals surface area (Å²) in [5, 5.41) is 7.37. The molecule has 1 N–H and O–H groups in total. The van der Waals surface area contributed by atoms with Gasteiger partial charge in [0, 0.05) is 18.3 Å². The fourth-order valence-electron chi connectivity index (χ4n) is 1.84. The van der Waals surface area contributed by atoms with Gasteiger partial charge in [0.05, 0.1) is 11.4 Å². The molecule has 2 aromatic rings. The predicted molar refractivity (Wildman–Crippen MR) is 75.2 cm³/mol. The number of benzene rings is 1. The van der Waals surface area contributed by atoms with Crippen LogP contribution in [0.2, 0.25) is 0 Å². The maximum atomic E-state index is 14.3. The van der Waals surface area contributed by atoms with E-state index in [-0.39, 0.29) is 12.1 Å². The number of aromatic nitrogens is 2. The average Bonchev–Trinajstić information content (AvgIpc) is 2.85. The van der Waals surface area contributed by atoms with Gasteiger partial charge in [-0.05, 0) is 39.0 Å². The van der Waals surface area contributed by atoms with Crippen molar-refractivity contribution in [2.75, 3.05) is 6.54 Å². The van der Waals surface area contributed by atoms with Crippen LogP contribution in [0.5, 0.6) is 0 Å². The topological polar surface area (TPSA) is 29.9 Å². The molecule has 0 spiro atoms. The van der Waals surface area contributed by atoms with Crippen LogP contribution >= 0.6 is 0 Å². The normalized spacial score (nSPS) is 13.5. The SMILES string of the molecule is CC(C)(C)NCC(F)c1ccnn1-c1ccccc1. The molecule has 0 fully saturated rings. The van der Waals surface area contributed by atoms with Crippen LogP contribution in [0.15, 0.2) is 42.6 Å². The summed E-state index contributed by atoms with van der Waals surface area (Å²) in [6.07, 6.45) is 0.549. The fraction of sp³-hybridized carbons (Fsp3) is 0.400. The van der Waals surface area contributed by atoms with Crippen LogP contribution in [-0.4, -0.2) is 21.9 Å². The van der Waals surface area contributed by atoms with E-state index in [1.165, 1.54) is 0 Å². The first kappa shape index (κ1) is 13.7. The van der Waals surface area contributed by atoms with E-state index in [2.05, 4.69) is 10.4 Å². The molecule has 1 unspecified atom stereocenters. The van der Waals surface area contributed by atoms with Crippen molar-refractivity contribution in [3.8, 4) is 5.69 Å². The van der Waals surface area contributed by atoms with Crippen molar-refractivity contribution in [2.45, 2.75) is 32.5 Å². The third-order valence-electron chi connectivity index (χ3n) is 2.81. The highest BCUT2D eigenvalue weighted by atomic mass is 19.1. The van der Waals surface area contributed by atoms with E-state index in [0.717, 1.165) is 5.69 Å². The molecular weight excluding hydrogens is 241 g/mol. The molecule has 0 radical (unpaired) electrons. The Morgan fingerprint density at radius 2 is 1.89 bits per heavy atom. The van der Waals surface area contributed by atoms with E-state index in [1.54, 1.807) is 16.9 Å². The largest absolute Gasteiger partial charge is 0.309 e. The Labute approximate surface area is 113 Å². The number of alkyl halides is 1. The Bertz CT molecular complexity index is 514. The predicted octanol–water partition coefficient (Wildman–Crippen LogP) is 3.27. The number of hydrogen-bond donors (Lipinski definition) is 1. The van der Waals surface area contributed by atoms with Crippen molar-refractivity contribution in [3.05, 3.63) is 48.3 Å². The minimum atomic E-state index is -1.08. The summed E-state index contributed by atoms with van der Waals surface area (Å²) in [7, 11) is 0. The molecule has 1 heterocycles. The van der Waals surface area contributed by atoms with E-state index in [9.17, 15) is 4.39 Å². The highest BCUT2D eigenvalue weighted by molar-refractivity contribution is 5.32. The van der Waals surface area contributed by atoms with Gasteiger partial charge in [0.1, 0.15) is 0 Å². The molecule has 19 heavy (non-hydrogen) atoms. The molecule has 0 bridgehead atoms. The molecule has 0 saturated heterocycles. The molecular formula is C15H20FN3. The molecule has 0 aliphatic carbocycles. The number of para-hydroxylation sites is 1. The van der Waals surface area contributed by atoms with E-state index >= 15 is 0 Å². The highest BCUT2D eigenvalue weighted by Crippen LogP contribution is 2.20. The first-order chi connectivity index (χ1) is 8.97. The summed E-state index contributed by atoms with van der Waals surface area (Å²) in [5.74, 6) is 0. The lowest BCUT2D eigenvalue weighted by atomic mass is 10.1. The standard InChI is InChI=1S/C15H20FN3/c1-15(2,3)17-11-13(16)14-9-10-18-19(14)12-7-5-4-6-8-12/h4-10,13,17H,11H2,1-3H3. The summed E-state index contributed by atoms with van der Waals surface area (Å²) in [5.41, 5.74) is 1.35. The third kappa shape index (κ3) is 3.64. The fourth-order valence-corrected chi connectivity index (χ4v) is 1.84. The van der Waals surface area contributed by atoms with Gasteiger partial charge in [-0.1, -0.05) is 18.2 Å². The first-order valence-electron chi connectivity index (χ1n) is 6.46. The van der Waals surface area contributed by atoms with Gasteiger partial charge < -0.3 is 5.32 Å². The maximum absolute atomic E-state index is 14.3. The number of rotatable bonds is 4. The van der Waals surface area contributed by atoms with Crippen molar-refractivity contribution in [1.82, 2.24) is 15.1 Å². The zero-order chi connectivity index (χ0) is 13.9. The summed E-state index contributed by atoms with van der Waals surface area (Å²) >= 11 is 0. The number of nitrogens with zero attached hydrogens (tertiary/aromatic N) is 2. The second-order valence-corrected chi connectivity index (χ2v) is 5.60. The van der Waals surface area contributed by atoms with Crippen LogP contribution in [0.25, 0.3) is 5.69 Å². The van der Waals surface area contributed by atoms with Crippen LogP contribution in [-0.2, 0) is 0 Å². The number of hydrogen-bond acceptors (Lipinski definition) is 2. The average molecular weight is 261 g/mol. The molecule has 1 aromatic carbocycles. The second-order valence-electron chi connectivity index (χ2n) is 5.60. The van der Waals surface area contributed by atoms with Crippen molar-refractivity contribution in [3.63, 3.8) is 0 Å². The quantitative estimate of drug-likeness (QED) is 0.915. The van der Waals surface area contributed by atoms with Gasteiger partial charge in [-0.2, -0.15) is 5.10 Å². The molecule has 0 aliphatic rings. The zero-order valence-electron chi connectivity index (χ0n) is 11.6. The summed E-state index contributed by atoms with van der Waals surface area (Å²) in [6.45, 7) is 6.35. The van der Waals surface area contributed by atoms with Crippen molar-refractivity contribution < 1.29 is 4.39 Å². The van der Waals surface area contributed by atoms with E-state index < -0.39 is 6.17 Å². The van der Waals surface area contributed by atoms with Crippen molar-refractivity contribution >= 4 is 0 Å². The van der Waals surface area contributed by atoms with Gasteiger partial charge in [-0.3, -0.25) is 0 Å². The summed E-state index contributed by atoms with van der Waals surface area (Å²) in [4.78, 5) is 0. The molecule has 102 valence electrons. The van der Waals surface area contributed by atoms with Crippen LogP contribution in [0.1, 0.15) is 32.6 Å². The van der Waals surface area contributed by atoms with Gasteiger partial charge in [0.25, 0.3) is 0 Å². The lowest BCUT2D eigenvalue weighted by Crippen LogP contribution is -2.38. The Kier molecular flexibility index (Phi) is 4.00. The van der Waals surface area contributed by atoms with Crippen molar-refractivity contribution in [2.24, 2.45) is 0 Å². The van der Waals surface area contributed by atoms with Crippen molar-refractivity contribution in [1.29, 1.82) is 0 Å². The Morgan fingerprint density at radius 1 is 1.21 bits per heavy atom. The molecule has 0 aliphatic heterocycles. The molecule has 0 amide bonds. The third-order valence-corrected chi connectivity index (χ3v) is 2.81. The monoisotopic (exact) mass is 261 g/mol. The summed E-state index contributed by atoms with van der Waals surface area (Å²) < 4.78 is 16.0.